The van der Waals surface area contributed by atoms with E-state index in [1.807, 2.05) is 12.1 Å². The quantitative estimate of drug-likeness (QED) is 0.648. The topological polar surface area (TPSA) is 39.9 Å². The lowest BCUT2D eigenvalue weighted by molar-refractivity contribution is -0.105. The lowest BCUT2D eigenvalue weighted by atomic mass is 10.2. The molecule has 0 atom stereocenters. The van der Waals surface area contributed by atoms with Gasteiger partial charge in [-0.2, -0.15) is 0 Å². The molecule has 1 fully saturated rings. The van der Waals surface area contributed by atoms with Gasteiger partial charge in [0.25, 0.3) is 0 Å². The third-order valence-corrected chi connectivity index (χ3v) is 3.17. The predicted molar refractivity (Wildman–Crippen MR) is 72.1 cm³/mol. The van der Waals surface area contributed by atoms with E-state index < -0.39 is 0 Å². The number of carbonyl (C=O) groups is 1. The van der Waals surface area contributed by atoms with Crippen LogP contribution in [0.25, 0.3) is 4.85 Å². The van der Waals surface area contributed by atoms with Gasteiger partial charge in [0.05, 0.1) is 6.57 Å². The van der Waals surface area contributed by atoms with Gasteiger partial charge in [0, 0.05) is 37.6 Å². The summed E-state index contributed by atoms with van der Waals surface area (Å²) in [7, 11) is 2.10. The molecule has 0 saturated carbocycles. The van der Waals surface area contributed by atoms with E-state index in [-0.39, 0.29) is 0 Å². The van der Waals surface area contributed by atoms with Crippen LogP contribution in [0.15, 0.2) is 18.2 Å². The molecule has 0 aromatic heterocycles. The third kappa shape index (κ3) is 2.60. The Balaban J connectivity index is 2.22. The maximum absolute atomic E-state index is 10.4. The molecule has 1 aliphatic heterocycles. The number of carbonyl (C=O) groups excluding carboxylic acids is 1. The van der Waals surface area contributed by atoms with E-state index in [4.69, 9.17) is 6.57 Å². The van der Waals surface area contributed by atoms with E-state index in [1.54, 1.807) is 6.07 Å². The number of benzene rings is 1. The van der Waals surface area contributed by atoms with Gasteiger partial charge in [0.15, 0.2) is 0 Å². The second-order valence-corrected chi connectivity index (χ2v) is 4.37. The third-order valence-electron chi connectivity index (χ3n) is 3.17. The fraction of sp³-hybridized carbons (Fsp3) is 0.385. The van der Waals surface area contributed by atoms with Gasteiger partial charge in [-0.3, -0.25) is 4.79 Å². The number of nitrogens with zero attached hydrogens (tertiary/aromatic N) is 3. The minimum Gasteiger partial charge on any atom is -0.378 e. The van der Waals surface area contributed by atoms with Crippen LogP contribution in [-0.2, 0) is 4.79 Å². The number of amides is 1. The summed E-state index contributed by atoms with van der Waals surface area (Å²) in [6.07, 6.45) is 0.624. The molecular formula is C13H16N4O. The Bertz CT molecular complexity index is 472. The SMILES string of the molecule is [C-]#[N+]c1cc(NC=O)ccc1N1CCN(C)CC1. The summed E-state index contributed by atoms with van der Waals surface area (Å²) in [5, 5.41) is 2.57. The predicted octanol–water partition coefficient (Wildman–Crippen LogP) is 1.56. The maximum atomic E-state index is 10.4. The van der Waals surface area contributed by atoms with Crippen LogP contribution in [0.4, 0.5) is 17.1 Å². The molecule has 1 N–H and O–H groups in total. The van der Waals surface area contributed by atoms with E-state index in [0.29, 0.717) is 17.8 Å². The Kier molecular flexibility index (Phi) is 3.80. The van der Waals surface area contributed by atoms with E-state index in [9.17, 15) is 4.79 Å². The molecule has 1 amide bonds. The summed E-state index contributed by atoms with van der Waals surface area (Å²) in [4.78, 5) is 18.4. The standard InChI is InChI=1S/C13H16N4O/c1-14-12-9-11(15-10-18)3-4-13(12)17-7-5-16(2)6-8-17/h3-4,9-10H,5-8H2,2H3,(H,15,18). The lowest BCUT2D eigenvalue weighted by Gasteiger charge is -2.34. The average molecular weight is 244 g/mol. The van der Waals surface area contributed by atoms with E-state index in [2.05, 4.69) is 27.0 Å². The highest BCUT2D eigenvalue weighted by atomic mass is 16.1. The summed E-state index contributed by atoms with van der Waals surface area (Å²) < 4.78 is 0. The number of rotatable bonds is 3. The molecule has 0 spiro atoms. The van der Waals surface area contributed by atoms with Gasteiger partial charge in [0.2, 0.25) is 12.1 Å². The van der Waals surface area contributed by atoms with Gasteiger partial charge < -0.3 is 15.1 Å². The second-order valence-electron chi connectivity index (χ2n) is 4.37. The summed E-state index contributed by atoms with van der Waals surface area (Å²) in [6.45, 7) is 11.1. The molecule has 0 unspecified atom stereocenters. The fourth-order valence-corrected chi connectivity index (χ4v) is 2.09. The van der Waals surface area contributed by atoms with Crippen LogP contribution in [0.5, 0.6) is 0 Å². The zero-order chi connectivity index (χ0) is 13.0. The number of likely N-dealkylation sites (N-methyl/N-ethyl adjacent to an activating group) is 1. The molecule has 0 bridgehead atoms. The van der Waals surface area contributed by atoms with Crippen molar-refractivity contribution in [2.45, 2.75) is 0 Å². The number of hydrogen-bond acceptors (Lipinski definition) is 3. The van der Waals surface area contributed by atoms with Crippen LogP contribution in [0.1, 0.15) is 0 Å². The number of hydrogen-bond donors (Lipinski definition) is 1. The molecule has 2 rings (SSSR count). The smallest absolute Gasteiger partial charge is 0.211 e. The van der Waals surface area contributed by atoms with Gasteiger partial charge in [-0.25, -0.2) is 4.85 Å². The van der Waals surface area contributed by atoms with Crippen molar-refractivity contribution in [1.29, 1.82) is 0 Å². The van der Waals surface area contributed by atoms with Crippen molar-refractivity contribution in [3.05, 3.63) is 29.6 Å². The second kappa shape index (κ2) is 5.52. The summed E-state index contributed by atoms with van der Waals surface area (Å²) in [5.74, 6) is 0. The lowest BCUT2D eigenvalue weighted by Crippen LogP contribution is -2.44. The van der Waals surface area contributed by atoms with Crippen molar-refractivity contribution >= 4 is 23.5 Å². The van der Waals surface area contributed by atoms with Crippen molar-refractivity contribution in [2.75, 3.05) is 43.4 Å². The number of piperazine rings is 1. The molecule has 1 aliphatic rings. The van der Waals surface area contributed by atoms with Crippen LogP contribution < -0.4 is 10.2 Å². The Morgan fingerprint density at radius 3 is 2.67 bits per heavy atom. The zero-order valence-electron chi connectivity index (χ0n) is 10.4. The van der Waals surface area contributed by atoms with E-state index in [1.165, 1.54) is 0 Å². The monoisotopic (exact) mass is 244 g/mol. The largest absolute Gasteiger partial charge is 0.378 e. The molecule has 1 aromatic carbocycles. The minimum absolute atomic E-state index is 0.589. The zero-order valence-corrected chi connectivity index (χ0v) is 10.4. The molecule has 94 valence electrons. The van der Waals surface area contributed by atoms with E-state index >= 15 is 0 Å². The first kappa shape index (κ1) is 12.4. The molecule has 0 aliphatic carbocycles. The van der Waals surface area contributed by atoms with Crippen LogP contribution >= 0.6 is 0 Å². The van der Waals surface area contributed by atoms with Crippen LogP contribution in [0, 0.1) is 6.57 Å². The van der Waals surface area contributed by atoms with Gasteiger partial charge in [0.1, 0.15) is 0 Å². The summed E-state index contributed by atoms with van der Waals surface area (Å²) in [6, 6.07) is 5.45. The van der Waals surface area contributed by atoms with Crippen molar-refractivity contribution in [1.82, 2.24) is 4.90 Å². The molecule has 5 nitrogen and oxygen atoms in total. The first-order chi connectivity index (χ1) is 8.74. The molecule has 0 radical (unpaired) electrons. The minimum atomic E-state index is 0.589. The fourth-order valence-electron chi connectivity index (χ4n) is 2.09. The van der Waals surface area contributed by atoms with Gasteiger partial charge >= 0.3 is 0 Å². The highest BCUT2D eigenvalue weighted by molar-refractivity contribution is 5.80. The first-order valence-electron chi connectivity index (χ1n) is 5.90. The van der Waals surface area contributed by atoms with Crippen LogP contribution in [0.3, 0.4) is 0 Å². The van der Waals surface area contributed by atoms with Crippen molar-refractivity contribution in [3.8, 4) is 0 Å². The molecule has 1 aromatic rings. The van der Waals surface area contributed by atoms with E-state index in [0.717, 1.165) is 31.9 Å². The highest BCUT2D eigenvalue weighted by Crippen LogP contribution is 2.32. The van der Waals surface area contributed by atoms with Gasteiger partial charge in [-0.1, -0.05) is 0 Å². The van der Waals surface area contributed by atoms with Gasteiger partial charge in [-0.05, 0) is 25.2 Å². The Labute approximate surface area is 107 Å². The van der Waals surface area contributed by atoms with Crippen LogP contribution in [-0.4, -0.2) is 44.5 Å². The number of anilines is 2. The highest BCUT2D eigenvalue weighted by Gasteiger charge is 2.17. The number of nitrogens with one attached hydrogen (secondary N) is 1. The van der Waals surface area contributed by atoms with Crippen molar-refractivity contribution in [3.63, 3.8) is 0 Å². The summed E-state index contributed by atoms with van der Waals surface area (Å²) >= 11 is 0. The van der Waals surface area contributed by atoms with Gasteiger partial charge in [-0.15, -0.1) is 0 Å². The molecular weight excluding hydrogens is 228 g/mol. The molecule has 18 heavy (non-hydrogen) atoms. The van der Waals surface area contributed by atoms with Crippen molar-refractivity contribution in [2.24, 2.45) is 0 Å². The first-order valence-corrected chi connectivity index (χ1v) is 5.90. The maximum Gasteiger partial charge on any atom is 0.211 e. The average Bonchev–Trinajstić information content (AvgIpc) is 2.40. The Morgan fingerprint density at radius 1 is 1.33 bits per heavy atom. The Hall–Kier alpha value is -2.06. The summed E-state index contributed by atoms with van der Waals surface area (Å²) in [5.41, 5.74) is 2.20. The Morgan fingerprint density at radius 2 is 2.06 bits per heavy atom. The van der Waals surface area contributed by atoms with Crippen molar-refractivity contribution < 1.29 is 4.79 Å². The molecule has 1 heterocycles. The molecule has 1 saturated heterocycles. The molecule has 5 heteroatoms. The van der Waals surface area contributed by atoms with Crippen LogP contribution in [0.2, 0.25) is 0 Å². The normalized spacial score (nSPS) is 16.1.